The zero-order valence-corrected chi connectivity index (χ0v) is 27.0. The number of nitrogens with zero attached hydrogens (tertiary/aromatic N) is 3. The second-order valence-electron chi connectivity index (χ2n) is 10.7. The van der Waals surface area contributed by atoms with Crippen molar-refractivity contribution in [3.8, 4) is 28.6 Å². The Morgan fingerprint density at radius 2 is 1.61 bits per heavy atom. The van der Waals surface area contributed by atoms with Crippen molar-refractivity contribution in [3.05, 3.63) is 113 Å². The van der Waals surface area contributed by atoms with Crippen molar-refractivity contribution in [1.82, 2.24) is 15.0 Å². The summed E-state index contributed by atoms with van der Waals surface area (Å²) in [7, 11) is 1.25. The molecule has 0 saturated heterocycles. The van der Waals surface area contributed by atoms with Crippen molar-refractivity contribution in [2.24, 2.45) is 0 Å². The molecule has 10 nitrogen and oxygen atoms in total. The Labute approximate surface area is 282 Å². The van der Waals surface area contributed by atoms with Crippen molar-refractivity contribution in [2.75, 3.05) is 25.2 Å². The molecular formula is C35H29F3N4O6S. The number of hydrogen-bond donors (Lipinski definition) is 2. The number of anilines is 1. The molecule has 0 radical (unpaired) electrons. The number of halogens is 3. The second-order valence-corrected chi connectivity index (χ2v) is 11.6. The summed E-state index contributed by atoms with van der Waals surface area (Å²) in [5, 5.41) is 16.1. The molecule has 49 heavy (non-hydrogen) atoms. The molecule has 0 unspecified atom stereocenters. The van der Waals surface area contributed by atoms with Crippen LogP contribution in [0.4, 0.5) is 18.9 Å². The number of nitrogens with one attached hydrogen (secondary N) is 1. The van der Waals surface area contributed by atoms with Gasteiger partial charge in [-0.25, -0.2) is 0 Å². The van der Waals surface area contributed by atoms with Gasteiger partial charge in [0.1, 0.15) is 12.3 Å². The number of ether oxygens (including phenoxy) is 1. The minimum absolute atomic E-state index is 0.0110. The van der Waals surface area contributed by atoms with E-state index in [2.05, 4.69) is 15.5 Å². The van der Waals surface area contributed by atoms with Crippen LogP contribution in [-0.4, -0.2) is 57.8 Å². The van der Waals surface area contributed by atoms with E-state index in [1.54, 1.807) is 36.0 Å². The Bertz CT molecular complexity index is 1950. The van der Waals surface area contributed by atoms with Gasteiger partial charge in [0.2, 0.25) is 11.7 Å². The average Bonchev–Trinajstić information content (AvgIpc) is 3.58. The van der Waals surface area contributed by atoms with Crippen LogP contribution in [0.15, 0.2) is 100 Å². The zero-order valence-electron chi connectivity index (χ0n) is 26.2. The first-order valence-corrected chi connectivity index (χ1v) is 15.9. The monoisotopic (exact) mass is 690 g/mol. The molecule has 2 N–H and O–H groups in total. The maximum atomic E-state index is 13.5. The van der Waals surface area contributed by atoms with Crippen molar-refractivity contribution < 1.29 is 41.9 Å². The van der Waals surface area contributed by atoms with E-state index in [0.717, 1.165) is 21.4 Å². The number of thioether (sulfide) groups is 1. The van der Waals surface area contributed by atoms with Gasteiger partial charge in [-0.05, 0) is 90.2 Å². The molecule has 0 aliphatic heterocycles. The Balaban J connectivity index is 1.23. The Morgan fingerprint density at radius 1 is 0.939 bits per heavy atom. The number of hydrogen-bond acceptors (Lipinski definition) is 8. The molecule has 5 aromatic rings. The second kappa shape index (κ2) is 15.1. The van der Waals surface area contributed by atoms with Gasteiger partial charge < -0.3 is 24.6 Å². The minimum Gasteiger partial charge on any atom is -0.497 e. The average molecular weight is 691 g/mol. The number of carbonyl (C=O) groups excluding carboxylic acids is 2. The molecule has 0 spiro atoms. The van der Waals surface area contributed by atoms with Gasteiger partial charge in [0.15, 0.2) is 0 Å². The van der Waals surface area contributed by atoms with Gasteiger partial charge >= 0.3 is 12.1 Å². The van der Waals surface area contributed by atoms with E-state index in [1.807, 2.05) is 30.5 Å². The SMILES string of the molecule is COc1ccc(CC(=O)Nc2ccc(C(=O)N(CC(=O)O)Cc3ccc(-c4nc(-c5ccc(SC)cc5)no4)cc3)cc2)c(C(F)(F)F)c1. The number of methoxy groups -OCH3 is 1. The summed E-state index contributed by atoms with van der Waals surface area (Å²) in [4.78, 5) is 44.3. The number of carboxylic acid groups (broad SMARTS) is 1. The van der Waals surface area contributed by atoms with E-state index in [0.29, 0.717) is 22.8 Å². The number of rotatable bonds is 12. The summed E-state index contributed by atoms with van der Waals surface area (Å²) in [6.45, 7) is -0.602. The number of amides is 2. The van der Waals surface area contributed by atoms with Gasteiger partial charge in [-0.15, -0.1) is 11.8 Å². The quantitative estimate of drug-likeness (QED) is 0.132. The molecular weight excluding hydrogens is 661 g/mol. The summed E-state index contributed by atoms with van der Waals surface area (Å²) < 4.78 is 50.9. The van der Waals surface area contributed by atoms with Gasteiger partial charge in [0.25, 0.3) is 11.8 Å². The number of alkyl halides is 3. The molecule has 0 aliphatic carbocycles. The first kappa shape index (κ1) is 34.7. The highest BCUT2D eigenvalue weighted by Gasteiger charge is 2.34. The van der Waals surface area contributed by atoms with Crippen LogP contribution in [0.25, 0.3) is 22.8 Å². The molecule has 1 heterocycles. The molecule has 0 fully saturated rings. The third-order valence-electron chi connectivity index (χ3n) is 7.35. The highest BCUT2D eigenvalue weighted by Crippen LogP contribution is 2.35. The van der Waals surface area contributed by atoms with Crippen molar-refractivity contribution >= 4 is 35.2 Å². The van der Waals surface area contributed by atoms with Crippen molar-refractivity contribution in [3.63, 3.8) is 0 Å². The van der Waals surface area contributed by atoms with Gasteiger partial charge in [-0.2, -0.15) is 18.2 Å². The van der Waals surface area contributed by atoms with Gasteiger partial charge in [-0.1, -0.05) is 23.4 Å². The van der Waals surface area contributed by atoms with Crippen LogP contribution in [0, 0.1) is 0 Å². The first-order chi connectivity index (χ1) is 23.4. The van der Waals surface area contributed by atoms with E-state index in [1.165, 1.54) is 43.5 Å². The third-order valence-corrected chi connectivity index (χ3v) is 8.09. The van der Waals surface area contributed by atoms with Crippen molar-refractivity contribution in [2.45, 2.75) is 24.0 Å². The highest BCUT2D eigenvalue weighted by molar-refractivity contribution is 7.98. The van der Waals surface area contributed by atoms with E-state index >= 15 is 0 Å². The number of carbonyl (C=O) groups is 3. The molecule has 0 aliphatic rings. The minimum atomic E-state index is -4.69. The van der Waals surface area contributed by atoms with Crippen LogP contribution >= 0.6 is 11.8 Å². The standard InChI is InChI=1S/C35H29F3N4O6S/c1-47-27-14-9-25(29(18-27)35(36,37)38)17-30(43)39-26-12-7-24(8-13-26)34(46)42(20-31(44)45)19-21-3-5-23(6-4-21)33-40-32(41-48-33)22-10-15-28(49-2)16-11-22/h3-16,18H,17,19-20H2,1-2H3,(H,39,43)(H,44,45). The van der Waals surface area contributed by atoms with Gasteiger partial charge in [0, 0.05) is 33.8 Å². The molecule has 5 rings (SSSR count). The van der Waals surface area contributed by atoms with E-state index in [-0.39, 0.29) is 29.1 Å². The topological polar surface area (TPSA) is 135 Å². The molecule has 2 amide bonds. The largest absolute Gasteiger partial charge is 0.497 e. The maximum Gasteiger partial charge on any atom is 0.416 e. The zero-order chi connectivity index (χ0) is 35.1. The fourth-order valence-corrected chi connectivity index (χ4v) is 5.30. The molecule has 1 aromatic heterocycles. The van der Waals surface area contributed by atoms with Crippen LogP contribution in [-0.2, 0) is 28.7 Å². The van der Waals surface area contributed by atoms with Crippen LogP contribution in [0.3, 0.4) is 0 Å². The van der Waals surface area contributed by atoms with Crippen LogP contribution in [0.1, 0.15) is 27.0 Å². The van der Waals surface area contributed by atoms with Gasteiger partial charge in [0.05, 0.1) is 19.1 Å². The van der Waals surface area contributed by atoms with Crippen molar-refractivity contribution in [1.29, 1.82) is 0 Å². The Kier molecular flexibility index (Phi) is 10.7. The summed E-state index contributed by atoms with van der Waals surface area (Å²) in [6.07, 6.45) is -3.25. The summed E-state index contributed by atoms with van der Waals surface area (Å²) >= 11 is 1.62. The lowest BCUT2D eigenvalue weighted by Crippen LogP contribution is -2.35. The molecule has 14 heteroatoms. The molecule has 4 aromatic carbocycles. The van der Waals surface area contributed by atoms with E-state index in [4.69, 9.17) is 9.26 Å². The predicted octanol–water partition coefficient (Wildman–Crippen LogP) is 7.06. The molecule has 252 valence electrons. The third kappa shape index (κ3) is 8.84. The van der Waals surface area contributed by atoms with Crippen LogP contribution in [0.5, 0.6) is 5.75 Å². The summed E-state index contributed by atoms with van der Waals surface area (Å²) in [5.74, 6) is -1.75. The lowest BCUT2D eigenvalue weighted by Gasteiger charge is -2.21. The van der Waals surface area contributed by atoms with Crippen LogP contribution < -0.4 is 10.1 Å². The fourth-order valence-electron chi connectivity index (χ4n) is 4.89. The highest BCUT2D eigenvalue weighted by atomic mass is 32.2. The lowest BCUT2D eigenvalue weighted by atomic mass is 10.0. The molecule has 0 bridgehead atoms. The normalized spacial score (nSPS) is 11.2. The van der Waals surface area contributed by atoms with Gasteiger partial charge in [-0.3, -0.25) is 14.4 Å². The number of aromatic nitrogens is 2. The van der Waals surface area contributed by atoms with Crippen LogP contribution in [0.2, 0.25) is 0 Å². The smallest absolute Gasteiger partial charge is 0.416 e. The summed E-state index contributed by atoms with van der Waals surface area (Å²) in [6, 6.07) is 23.6. The fraction of sp³-hybridized carbons (Fsp3) is 0.171. The molecule has 0 saturated carbocycles. The molecule has 0 atom stereocenters. The maximum absolute atomic E-state index is 13.5. The Hall–Kier alpha value is -5.63. The first-order valence-electron chi connectivity index (χ1n) is 14.7. The summed E-state index contributed by atoms with van der Waals surface area (Å²) in [5.41, 5.74) is 1.27. The Morgan fingerprint density at radius 3 is 2.22 bits per heavy atom. The van der Waals surface area contributed by atoms with E-state index < -0.39 is 42.5 Å². The lowest BCUT2D eigenvalue weighted by molar-refractivity contribution is -0.139. The predicted molar refractivity (Wildman–Crippen MR) is 176 cm³/mol. The number of carboxylic acids is 1. The number of benzene rings is 4. The number of aliphatic carboxylic acids is 1. The van der Waals surface area contributed by atoms with E-state index in [9.17, 15) is 32.7 Å².